The average Bonchev–Trinajstić information content (AvgIpc) is 2.79. The number of aliphatic hydroxyl groups excluding tert-OH is 2. The Morgan fingerprint density at radius 2 is 1.88 bits per heavy atom. The van der Waals surface area contributed by atoms with E-state index in [0.29, 0.717) is 6.42 Å². The molecule has 3 aliphatic carbocycles. The van der Waals surface area contributed by atoms with Crippen LogP contribution in [0.15, 0.2) is 22.8 Å². The van der Waals surface area contributed by atoms with Crippen LogP contribution in [0.25, 0.3) is 0 Å². The lowest BCUT2D eigenvalue weighted by Gasteiger charge is -2.62. The van der Waals surface area contributed by atoms with Gasteiger partial charge in [-0.15, -0.1) is 0 Å². The summed E-state index contributed by atoms with van der Waals surface area (Å²) < 4.78 is 5.57. The lowest BCUT2D eigenvalue weighted by atomic mass is 9.44. The molecule has 0 aromatic rings. The van der Waals surface area contributed by atoms with Crippen LogP contribution in [0.2, 0.25) is 0 Å². The minimum atomic E-state index is -0.525. The molecule has 6 atom stereocenters. The summed E-state index contributed by atoms with van der Waals surface area (Å²) in [5, 5.41) is 21.5. The third-order valence-electron chi connectivity index (χ3n) is 7.72. The van der Waals surface area contributed by atoms with Crippen molar-refractivity contribution in [3.8, 4) is 0 Å². The van der Waals surface area contributed by atoms with Crippen LogP contribution in [-0.4, -0.2) is 34.5 Å². The summed E-state index contributed by atoms with van der Waals surface area (Å²) in [6.45, 7) is 8.30. The van der Waals surface area contributed by atoms with Gasteiger partial charge in [0, 0.05) is 23.0 Å². The van der Waals surface area contributed by atoms with Gasteiger partial charge in [0.05, 0.1) is 12.2 Å². The minimum absolute atomic E-state index is 0.163. The number of carbonyl (C=O) groups is 1. The molecule has 1 aliphatic heterocycles. The van der Waals surface area contributed by atoms with Crippen LogP contribution in [0, 0.1) is 22.7 Å². The standard InChI is InChI=1S/C20H28O4/c1-10-12-7-11-5-6-15-19(2,3)16(21)9-17(22)20(15,4)13(11)8-14(12)24-18(10)23/h7,13-17,21-22H,5-6,8-9H2,1-4H3/t13-,14-,15-,16-,17+,20+/m1/s1. The minimum Gasteiger partial charge on any atom is -0.454 e. The Bertz CT molecular complexity index is 659. The lowest BCUT2D eigenvalue weighted by Crippen LogP contribution is -2.62. The number of carbonyl (C=O) groups excluding carboxylic acids is 1. The van der Waals surface area contributed by atoms with Crippen molar-refractivity contribution in [3.63, 3.8) is 0 Å². The maximum absolute atomic E-state index is 11.9. The zero-order valence-electron chi connectivity index (χ0n) is 15.0. The topological polar surface area (TPSA) is 66.8 Å². The van der Waals surface area contributed by atoms with Crippen LogP contribution in [0.4, 0.5) is 0 Å². The van der Waals surface area contributed by atoms with E-state index in [4.69, 9.17) is 4.74 Å². The number of ether oxygens (including phenoxy) is 1. The zero-order chi connectivity index (χ0) is 17.4. The van der Waals surface area contributed by atoms with Gasteiger partial charge in [0.2, 0.25) is 0 Å². The van der Waals surface area contributed by atoms with E-state index in [2.05, 4.69) is 26.8 Å². The molecular formula is C20H28O4. The second-order valence-electron chi connectivity index (χ2n) is 9.03. The SMILES string of the molecule is CC1=C2C=C3CC[C@@H]4C(C)(C)[C@H](O)C[C@H](O)[C@@]4(C)[C@@H]3C[C@H]2OC1=O. The Labute approximate surface area is 143 Å². The molecule has 2 fully saturated rings. The largest absolute Gasteiger partial charge is 0.454 e. The average molecular weight is 332 g/mol. The number of rotatable bonds is 0. The van der Waals surface area contributed by atoms with Gasteiger partial charge in [0.1, 0.15) is 6.10 Å². The highest BCUT2D eigenvalue weighted by Crippen LogP contribution is 2.63. The first-order chi connectivity index (χ1) is 11.2. The zero-order valence-corrected chi connectivity index (χ0v) is 15.0. The van der Waals surface area contributed by atoms with Gasteiger partial charge in [0.25, 0.3) is 0 Å². The summed E-state index contributed by atoms with van der Waals surface area (Å²) in [4.78, 5) is 11.9. The van der Waals surface area contributed by atoms with Crippen LogP contribution < -0.4 is 0 Å². The highest BCUT2D eigenvalue weighted by atomic mass is 16.5. The van der Waals surface area contributed by atoms with E-state index in [1.54, 1.807) is 0 Å². The quantitative estimate of drug-likeness (QED) is 0.670. The maximum Gasteiger partial charge on any atom is 0.334 e. The van der Waals surface area contributed by atoms with E-state index in [0.717, 1.165) is 30.4 Å². The van der Waals surface area contributed by atoms with Crippen molar-refractivity contribution in [1.82, 2.24) is 0 Å². The third kappa shape index (κ3) is 1.90. The predicted octanol–water partition coefficient (Wildman–Crippen LogP) is 2.74. The second-order valence-corrected chi connectivity index (χ2v) is 9.03. The van der Waals surface area contributed by atoms with Gasteiger partial charge < -0.3 is 14.9 Å². The van der Waals surface area contributed by atoms with Crippen LogP contribution in [0.3, 0.4) is 0 Å². The van der Waals surface area contributed by atoms with Crippen molar-refractivity contribution >= 4 is 5.97 Å². The molecule has 0 bridgehead atoms. The molecule has 4 heteroatoms. The fourth-order valence-electron chi connectivity index (χ4n) is 6.09. The molecule has 0 aromatic heterocycles. The van der Waals surface area contributed by atoms with E-state index in [1.807, 2.05) is 6.92 Å². The Morgan fingerprint density at radius 3 is 2.58 bits per heavy atom. The molecule has 4 rings (SSSR count). The monoisotopic (exact) mass is 332 g/mol. The summed E-state index contributed by atoms with van der Waals surface area (Å²) in [5.41, 5.74) is 2.64. The van der Waals surface area contributed by atoms with E-state index in [9.17, 15) is 15.0 Å². The number of hydrogen-bond acceptors (Lipinski definition) is 4. The summed E-state index contributed by atoms with van der Waals surface area (Å²) in [6, 6.07) is 0. The Kier molecular flexibility index (Phi) is 3.37. The normalized spacial score (nSPS) is 46.7. The first kappa shape index (κ1) is 16.3. The summed E-state index contributed by atoms with van der Waals surface area (Å²) >= 11 is 0. The number of aliphatic hydroxyl groups is 2. The number of hydrogen-bond donors (Lipinski definition) is 2. The molecule has 2 saturated carbocycles. The second kappa shape index (κ2) is 4.95. The van der Waals surface area contributed by atoms with Crippen molar-refractivity contribution in [1.29, 1.82) is 0 Å². The fourth-order valence-corrected chi connectivity index (χ4v) is 6.09. The van der Waals surface area contributed by atoms with Crippen LogP contribution in [-0.2, 0) is 9.53 Å². The van der Waals surface area contributed by atoms with Gasteiger partial charge in [-0.25, -0.2) is 4.79 Å². The lowest BCUT2D eigenvalue weighted by molar-refractivity contribution is -0.189. The molecule has 0 spiro atoms. The molecule has 0 radical (unpaired) electrons. The highest BCUT2D eigenvalue weighted by Gasteiger charge is 2.61. The third-order valence-corrected chi connectivity index (χ3v) is 7.72. The van der Waals surface area contributed by atoms with Crippen molar-refractivity contribution in [2.75, 3.05) is 0 Å². The first-order valence-electron chi connectivity index (χ1n) is 9.15. The number of allylic oxidation sites excluding steroid dienone is 1. The molecule has 4 aliphatic rings. The molecular weight excluding hydrogens is 304 g/mol. The number of esters is 1. The first-order valence-corrected chi connectivity index (χ1v) is 9.15. The molecule has 24 heavy (non-hydrogen) atoms. The molecule has 0 saturated heterocycles. The van der Waals surface area contributed by atoms with Crippen molar-refractivity contribution < 1.29 is 19.7 Å². The summed E-state index contributed by atoms with van der Waals surface area (Å²) in [5.74, 6) is 0.271. The van der Waals surface area contributed by atoms with Gasteiger partial charge in [-0.1, -0.05) is 32.4 Å². The highest BCUT2D eigenvalue weighted by molar-refractivity contribution is 5.92. The van der Waals surface area contributed by atoms with E-state index in [-0.39, 0.29) is 34.7 Å². The predicted molar refractivity (Wildman–Crippen MR) is 90.0 cm³/mol. The van der Waals surface area contributed by atoms with E-state index < -0.39 is 12.2 Å². The van der Waals surface area contributed by atoms with Gasteiger partial charge >= 0.3 is 5.97 Å². The van der Waals surface area contributed by atoms with Gasteiger partial charge in [-0.05, 0) is 43.4 Å². The van der Waals surface area contributed by atoms with Crippen LogP contribution >= 0.6 is 0 Å². The Hall–Kier alpha value is -1.13. The molecule has 0 unspecified atom stereocenters. The maximum atomic E-state index is 11.9. The van der Waals surface area contributed by atoms with Crippen molar-refractivity contribution in [3.05, 3.63) is 22.8 Å². The van der Waals surface area contributed by atoms with E-state index in [1.165, 1.54) is 5.57 Å². The molecule has 1 heterocycles. The number of fused-ring (bicyclic) bond motifs is 4. The fraction of sp³-hybridized carbons (Fsp3) is 0.750. The summed E-state index contributed by atoms with van der Waals surface area (Å²) in [6.07, 6.45) is 4.16. The van der Waals surface area contributed by atoms with Gasteiger partial charge in [0.15, 0.2) is 0 Å². The van der Waals surface area contributed by atoms with Crippen LogP contribution in [0.5, 0.6) is 0 Å². The smallest absolute Gasteiger partial charge is 0.334 e. The van der Waals surface area contributed by atoms with E-state index >= 15 is 0 Å². The van der Waals surface area contributed by atoms with Gasteiger partial charge in [-0.3, -0.25) is 0 Å². The van der Waals surface area contributed by atoms with Crippen LogP contribution in [0.1, 0.15) is 53.4 Å². The summed E-state index contributed by atoms with van der Waals surface area (Å²) in [7, 11) is 0. The molecule has 2 N–H and O–H groups in total. The molecule has 4 nitrogen and oxygen atoms in total. The Morgan fingerprint density at radius 1 is 1.17 bits per heavy atom. The molecule has 0 amide bonds. The van der Waals surface area contributed by atoms with Crippen molar-refractivity contribution in [2.45, 2.75) is 71.7 Å². The Balaban J connectivity index is 1.77. The van der Waals surface area contributed by atoms with Gasteiger partial charge in [-0.2, -0.15) is 0 Å². The molecule has 0 aromatic carbocycles. The van der Waals surface area contributed by atoms with Crippen molar-refractivity contribution in [2.24, 2.45) is 22.7 Å². The molecule has 132 valence electrons.